The van der Waals surface area contributed by atoms with Crippen molar-refractivity contribution in [3.8, 4) is 0 Å². The molecule has 1 aliphatic heterocycles. The van der Waals surface area contributed by atoms with Gasteiger partial charge in [0.1, 0.15) is 0 Å². The molecule has 27 heavy (non-hydrogen) atoms. The molecule has 3 rings (SSSR count). The molecule has 1 saturated heterocycles. The number of hydrogen-bond donors (Lipinski definition) is 1. The van der Waals surface area contributed by atoms with Gasteiger partial charge in [0.05, 0.1) is 18.1 Å². The lowest BCUT2D eigenvalue weighted by molar-refractivity contribution is 0.0730. The second-order valence-corrected chi connectivity index (χ2v) is 8.68. The molecule has 0 atom stereocenters. The Kier molecular flexibility index (Phi) is 5.94. The van der Waals surface area contributed by atoms with Gasteiger partial charge in [0.15, 0.2) is 0 Å². The molecule has 6 nitrogen and oxygen atoms in total. The van der Waals surface area contributed by atoms with Crippen molar-refractivity contribution in [2.75, 3.05) is 31.6 Å². The molecule has 1 aliphatic rings. The highest BCUT2D eigenvalue weighted by molar-refractivity contribution is 7.89. The Morgan fingerprint density at radius 2 is 1.78 bits per heavy atom. The van der Waals surface area contributed by atoms with Gasteiger partial charge in [-0.2, -0.15) is 4.31 Å². The molecule has 0 saturated carbocycles. The van der Waals surface area contributed by atoms with Gasteiger partial charge < -0.3 is 10.1 Å². The fourth-order valence-corrected chi connectivity index (χ4v) is 4.50. The summed E-state index contributed by atoms with van der Waals surface area (Å²) in [6, 6.07) is 13.8. The highest BCUT2D eigenvalue weighted by Gasteiger charge is 2.27. The molecule has 1 amide bonds. The highest BCUT2D eigenvalue weighted by atomic mass is 32.2. The summed E-state index contributed by atoms with van der Waals surface area (Å²) in [7, 11) is -3.64. The monoisotopic (exact) mass is 388 g/mol. The number of hydrogen-bond acceptors (Lipinski definition) is 4. The molecule has 0 spiro atoms. The number of para-hydroxylation sites is 1. The summed E-state index contributed by atoms with van der Waals surface area (Å²) in [5, 5.41) is 2.90. The summed E-state index contributed by atoms with van der Waals surface area (Å²) in [6.07, 6.45) is 0. The molecule has 2 aromatic rings. The smallest absolute Gasteiger partial charge is 0.255 e. The summed E-state index contributed by atoms with van der Waals surface area (Å²) in [5.74, 6) is -0.0725. The van der Waals surface area contributed by atoms with Gasteiger partial charge in [-0.1, -0.05) is 38.1 Å². The van der Waals surface area contributed by atoms with Crippen LogP contribution in [0.15, 0.2) is 53.4 Å². The van der Waals surface area contributed by atoms with Crippen LogP contribution in [0.3, 0.4) is 0 Å². The Labute approximate surface area is 160 Å². The third-order valence-electron chi connectivity index (χ3n) is 4.54. The number of morpholine rings is 1. The normalized spacial score (nSPS) is 15.7. The molecule has 1 N–H and O–H groups in total. The zero-order chi connectivity index (χ0) is 19.4. The van der Waals surface area contributed by atoms with Crippen LogP contribution in [0.2, 0.25) is 0 Å². The molecule has 7 heteroatoms. The Balaban J connectivity index is 1.84. The minimum atomic E-state index is -3.64. The van der Waals surface area contributed by atoms with Crippen LogP contribution in [0.25, 0.3) is 0 Å². The lowest BCUT2D eigenvalue weighted by Crippen LogP contribution is -2.40. The summed E-state index contributed by atoms with van der Waals surface area (Å²) in [6.45, 7) is 5.51. The highest BCUT2D eigenvalue weighted by Crippen LogP contribution is 2.25. The van der Waals surface area contributed by atoms with Crippen LogP contribution in [0.4, 0.5) is 5.69 Å². The van der Waals surface area contributed by atoms with E-state index in [4.69, 9.17) is 4.74 Å². The first-order valence-electron chi connectivity index (χ1n) is 8.98. The molecule has 0 aliphatic carbocycles. The fraction of sp³-hybridized carbons (Fsp3) is 0.350. The molecule has 0 aromatic heterocycles. The van der Waals surface area contributed by atoms with Gasteiger partial charge in [0.25, 0.3) is 5.91 Å². The first-order valence-corrected chi connectivity index (χ1v) is 10.4. The van der Waals surface area contributed by atoms with Crippen molar-refractivity contribution in [1.29, 1.82) is 0 Å². The van der Waals surface area contributed by atoms with Gasteiger partial charge in [-0.25, -0.2) is 8.42 Å². The summed E-state index contributed by atoms with van der Waals surface area (Å²) in [5.41, 5.74) is 2.07. The van der Waals surface area contributed by atoms with Gasteiger partial charge in [-0.15, -0.1) is 0 Å². The van der Waals surface area contributed by atoms with Crippen LogP contribution in [0, 0.1) is 0 Å². The molecular formula is C20H24N2O4S. The van der Waals surface area contributed by atoms with Crippen molar-refractivity contribution in [2.24, 2.45) is 0 Å². The maximum Gasteiger partial charge on any atom is 0.255 e. The van der Waals surface area contributed by atoms with Crippen molar-refractivity contribution in [2.45, 2.75) is 24.7 Å². The number of benzene rings is 2. The van der Waals surface area contributed by atoms with Crippen molar-refractivity contribution in [3.05, 3.63) is 59.7 Å². The second-order valence-electron chi connectivity index (χ2n) is 6.74. The maximum atomic E-state index is 12.8. The van der Waals surface area contributed by atoms with Crippen LogP contribution >= 0.6 is 0 Å². The largest absolute Gasteiger partial charge is 0.379 e. The fourth-order valence-electron chi connectivity index (χ4n) is 3.04. The summed E-state index contributed by atoms with van der Waals surface area (Å²) >= 11 is 0. The molecule has 2 aromatic carbocycles. The van der Waals surface area contributed by atoms with Crippen LogP contribution in [-0.2, 0) is 14.8 Å². The van der Waals surface area contributed by atoms with Crippen molar-refractivity contribution < 1.29 is 17.9 Å². The van der Waals surface area contributed by atoms with Crippen molar-refractivity contribution in [1.82, 2.24) is 4.31 Å². The third kappa shape index (κ3) is 4.37. The van der Waals surface area contributed by atoms with E-state index in [-0.39, 0.29) is 16.7 Å². The Morgan fingerprint density at radius 1 is 1.07 bits per heavy atom. The average Bonchev–Trinajstić information content (AvgIpc) is 2.69. The molecule has 1 heterocycles. The zero-order valence-electron chi connectivity index (χ0n) is 15.5. The Bertz CT molecular complexity index is 919. The van der Waals surface area contributed by atoms with E-state index in [0.29, 0.717) is 31.9 Å². The zero-order valence-corrected chi connectivity index (χ0v) is 16.3. The molecule has 144 valence electrons. The number of carbonyl (C=O) groups is 1. The second kappa shape index (κ2) is 8.21. The van der Waals surface area contributed by atoms with E-state index in [9.17, 15) is 13.2 Å². The van der Waals surface area contributed by atoms with Gasteiger partial charge in [0.2, 0.25) is 10.0 Å². The van der Waals surface area contributed by atoms with E-state index in [1.165, 1.54) is 16.4 Å². The van der Waals surface area contributed by atoms with E-state index in [1.807, 2.05) is 24.3 Å². The molecule has 0 bridgehead atoms. The lowest BCUT2D eigenvalue weighted by Gasteiger charge is -2.26. The van der Waals surface area contributed by atoms with Crippen LogP contribution < -0.4 is 5.32 Å². The van der Waals surface area contributed by atoms with Crippen molar-refractivity contribution in [3.63, 3.8) is 0 Å². The predicted octanol–water partition coefficient (Wildman–Crippen LogP) is 3.08. The number of carbonyl (C=O) groups excluding carboxylic acids is 1. The first kappa shape index (κ1) is 19.5. The number of rotatable bonds is 5. The van der Waals surface area contributed by atoms with Crippen LogP contribution in [0.1, 0.15) is 35.7 Å². The molecule has 0 radical (unpaired) electrons. The lowest BCUT2D eigenvalue weighted by atomic mass is 10.0. The van der Waals surface area contributed by atoms with Gasteiger partial charge in [0, 0.05) is 24.3 Å². The summed E-state index contributed by atoms with van der Waals surface area (Å²) < 4.78 is 32.2. The Morgan fingerprint density at radius 3 is 2.48 bits per heavy atom. The Hall–Kier alpha value is -2.22. The number of nitrogens with zero attached hydrogens (tertiary/aromatic N) is 1. The number of nitrogens with one attached hydrogen (secondary N) is 1. The minimum absolute atomic E-state index is 0.120. The van der Waals surface area contributed by atoms with Gasteiger partial charge in [-0.3, -0.25) is 4.79 Å². The number of sulfonamides is 1. The summed E-state index contributed by atoms with van der Waals surface area (Å²) in [4.78, 5) is 12.8. The quantitative estimate of drug-likeness (QED) is 0.854. The number of anilines is 1. The third-order valence-corrected chi connectivity index (χ3v) is 6.43. The molecule has 0 unspecified atom stereocenters. The SMILES string of the molecule is CC(C)c1ccccc1NC(=O)c1cccc(S(=O)(=O)N2CCOCC2)c1. The maximum absolute atomic E-state index is 12.8. The number of amides is 1. The minimum Gasteiger partial charge on any atom is -0.379 e. The van der Waals surface area contributed by atoms with Crippen molar-refractivity contribution >= 4 is 21.6 Å². The average molecular weight is 388 g/mol. The number of ether oxygens (including phenoxy) is 1. The van der Waals surface area contributed by atoms with E-state index in [2.05, 4.69) is 19.2 Å². The standard InChI is InChI=1S/C20H24N2O4S/c1-15(2)18-8-3-4-9-19(18)21-20(23)16-6-5-7-17(14-16)27(24,25)22-10-12-26-13-11-22/h3-9,14-15H,10-13H2,1-2H3,(H,21,23). The van der Waals surface area contributed by atoms with E-state index in [0.717, 1.165) is 11.3 Å². The van der Waals surface area contributed by atoms with Crippen LogP contribution in [0.5, 0.6) is 0 Å². The van der Waals surface area contributed by atoms with Crippen LogP contribution in [-0.4, -0.2) is 44.9 Å². The topological polar surface area (TPSA) is 75.7 Å². The van der Waals surface area contributed by atoms with E-state index >= 15 is 0 Å². The first-order chi connectivity index (χ1) is 12.9. The molecule has 1 fully saturated rings. The van der Waals surface area contributed by atoms with Gasteiger partial charge >= 0.3 is 0 Å². The molecular weight excluding hydrogens is 364 g/mol. The predicted molar refractivity (Wildman–Crippen MR) is 105 cm³/mol. The van der Waals surface area contributed by atoms with Gasteiger partial charge in [-0.05, 0) is 35.7 Å². The van der Waals surface area contributed by atoms with E-state index < -0.39 is 10.0 Å². The van der Waals surface area contributed by atoms with E-state index in [1.54, 1.807) is 12.1 Å².